The summed E-state index contributed by atoms with van der Waals surface area (Å²) in [4.78, 5) is 12.6. The Morgan fingerprint density at radius 2 is 1.85 bits per heavy atom. The molecule has 3 rings (SSSR count). The molecule has 8 heteroatoms. The van der Waals surface area contributed by atoms with Crippen LogP contribution >= 0.6 is 0 Å². The molecule has 0 atom stereocenters. The first-order valence-electron chi connectivity index (χ1n) is 8.03. The van der Waals surface area contributed by atoms with Crippen molar-refractivity contribution in [3.63, 3.8) is 0 Å². The van der Waals surface area contributed by atoms with Crippen LogP contribution in [-0.2, 0) is 16.6 Å². The van der Waals surface area contributed by atoms with Crippen LogP contribution < -0.4 is 5.32 Å². The number of sulfonamides is 1. The summed E-state index contributed by atoms with van der Waals surface area (Å²) in [5.74, 6) is -0.285. The quantitative estimate of drug-likeness (QED) is 0.717. The summed E-state index contributed by atoms with van der Waals surface area (Å²) in [5.41, 5.74) is 2.99. The number of hydrogen-bond donors (Lipinski definition) is 2. The van der Waals surface area contributed by atoms with Gasteiger partial charge < -0.3 is 5.32 Å². The number of aromatic amines is 1. The van der Waals surface area contributed by atoms with Crippen LogP contribution in [-0.4, -0.2) is 42.9 Å². The Bertz CT molecular complexity index is 1050. The zero-order valence-corrected chi connectivity index (χ0v) is 15.6. The highest BCUT2D eigenvalue weighted by molar-refractivity contribution is 7.89. The van der Waals surface area contributed by atoms with Crippen molar-refractivity contribution in [2.45, 2.75) is 18.4 Å². The molecule has 0 aliphatic carbocycles. The van der Waals surface area contributed by atoms with Crippen molar-refractivity contribution >= 4 is 26.8 Å². The normalized spacial score (nSPS) is 11.8. The maximum Gasteiger partial charge on any atom is 0.272 e. The number of nitrogens with one attached hydrogen (secondary N) is 2. The van der Waals surface area contributed by atoms with Gasteiger partial charge in [0.1, 0.15) is 0 Å². The van der Waals surface area contributed by atoms with Crippen LogP contribution in [0.1, 0.15) is 21.6 Å². The van der Waals surface area contributed by atoms with Crippen molar-refractivity contribution in [3.05, 3.63) is 59.3 Å². The lowest BCUT2D eigenvalue weighted by Gasteiger charge is -2.11. The summed E-state index contributed by atoms with van der Waals surface area (Å²) in [7, 11) is -0.486. The van der Waals surface area contributed by atoms with Crippen LogP contribution in [0.15, 0.2) is 47.4 Å². The molecule has 0 saturated carbocycles. The van der Waals surface area contributed by atoms with E-state index in [1.165, 1.54) is 26.2 Å². The van der Waals surface area contributed by atoms with Gasteiger partial charge in [-0.1, -0.05) is 23.8 Å². The van der Waals surface area contributed by atoms with E-state index in [0.29, 0.717) is 5.69 Å². The second kappa shape index (κ2) is 6.89. The summed E-state index contributed by atoms with van der Waals surface area (Å²) < 4.78 is 25.3. The molecule has 0 aliphatic heterocycles. The van der Waals surface area contributed by atoms with Crippen LogP contribution in [0.3, 0.4) is 0 Å². The molecule has 3 aromatic rings. The summed E-state index contributed by atoms with van der Waals surface area (Å²) in [6, 6.07) is 12.2. The van der Waals surface area contributed by atoms with Gasteiger partial charge in [0, 0.05) is 26.0 Å². The third kappa shape index (κ3) is 3.47. The lowest BCUT2D eigenvalue weighted by molar-refractivity contribution is 0.0947. The highest BCUT2D eigenvalue weighted by Crippen LogP contribution is 2.18. The number of amides is 1. The molecule has 1 aromatic heterocycles. The molecule has 2 aromatic carbocycles. The van der Waals surface area contributed by atoms with Gasteiger partial charge in [-0.3, -0.25) is 9.89 Å². The Morgan fingerprint density at radius 3 is 2.50 bits per heavy atom. The second-order valence-electron chi connectivity index (χ2n) is 6.24. The van der Waals surface area contributed by atoms with Gasteiger partial charge >= 0.3 is 0 Å². The topological polar surface area (TPSA) is 95.2 Å². The van der Waals surface area contributed by atoms with E-state index in [9.17, 15) is 13.2 Å². The molecule has 0 unspecified atom stereocenters. The summed E-state index contributed by atoms with van der Waals surface area (Å²) in [5, 5.41) is 10.5. The Hall–Kier alpha value is -2.71. The first-order chi connectivity index (χ1) is 12.3. The highest BCUT2D eigenvalue weighted by atomic mass is 32.2. The number of fused-ring (bicyclic) bond motifs is 1. The zero-order chi connectivity index (χ0) is 18.9. The number of aromatic nitrogens is 2. The minimum absolute atomic E-state index is 0.214. The van der Waals surface area contributed by atoms with E-state index in [-0.39, 0.29) is 17.3 Å². The molecule has 0 radical (unpaired) electrons. The minimum atomic E-state index is -3.46. The molecule has 1 amide bonds. The average Bonchev–Trinajstić information content (AvgIpc) is 3.03. The fourth-order valence-corrected chi connectivity index (χ4v) is 3.46. The predicted octanol–water partition coefficient (Wildman–Crippen LogP) is 2.05. The largest absolute Gasteiger partial charge is 0.347 e. The van der Waals surface area contributed by atoms with Gasteiger partial charge in [0.05, 0.1) is 10.4 Å². The van der Waals surface area contributed by atoms with Crippen molar-refractivity contribution in [2.24, 2.45) is 0 Å². The van der Waals surface area contributed by atoms with E-state index in [1.54, 1.807) is 12.1 Å². The van der Waals surface area contributed by atoms with Gasteiger partial charge in [0.15, 0.2) is 5.69 Å². The predicted molar refractivity (Wildman–Crippen MR) is 99.3 cm³/mol. The Morgan fingerprint density at radius 1 is 1.15 bits per heavy atom. The summed E-state index contributed by atoms with van der Waals surface area (Å²) >= 11 is 0. The standard InChI is InChI=1S/C18H20N4O3S/c1-12-4-9-16-15(10-12)17(21-20-16)18(23)19-11-13-5-7-14(8-6-13)26(24,25)22(2)3/h4-10H,11H2,1-3H3,(H,19,23)(H,20,21). The Kier molecular flexibility index (Phi) is 4.80. The van der Waals surface area contributed by atoms with Gasteiger partial charge in [0.2, 0.25) is 10.0 Å². The number of rotatable bonds is 5. The molecular formula is C18H20N4O3S. The van der Waals surface area contributed by atoms with E-state index in [1.807, 2.05) is 25.1 Å². The van der Waals surface area contributed by atoms with Gasteiger partial charge in [-0.15, -0.1) is 0 Å². The van der Waals surface area contributed by atoms with E-state index in [4.69, 9.17) is 0 Å². The number of carbonyl (C=O) groups is 1. The van der Waals surface area contributed by atoms with E-state index in [2.05, 4.69) is 15.5 Å². The fraction of sp³-hybridized carbons (Fsp3) is 0.222. The van der Waals surface area contributed by atoms with Crippen LogP contribution in [0.5, 0.6) is 0 Å². The number of nitrogens with zero attached hydrogens (tertiary/aromatic N) is 2. The molecule has 26 heavy (non-hydrogen) atoms. The number of aryl methyl sites for hydroxylation is 1. The summed E-state index contributed by atoms with van der Waals surface area (Å²) in [6.07, 6.45) is 0. The summed E-state index contributed by atoms with van der Waals surface area (Å²) in [6.45, 7) is 2.23. The minimum Gasteiger partial charge on any atom is -0.347 e. The van der Waals surface area contributed by atoms with Crippen molar-refractivity contribution < 1.29 is 13.2 Å². The number of hydrogen-bond acceptors (Lipinski definition) is 4. The van der Waals surface area contributed by atoms with Crippen LogP contribution in [0.25, 0.3) is 10.9 Å². The maximum absolute atomic E-state index is 12.4. The van der Waals surface area contributed by atoms with Crippen molar-refractivity contribution in [1.29, 1.82) is 0 Å². The second-order valence-corrected chi connectivity index (χ2v) is 8.39. The van der Waals surface area contributed by atoms with Crippen molar-refractivity contribution in [3.8, 4) is 0 Å². The lowest BCUT2D eigenvalue weighted by Crippen LogP contribution is -2.24. The van der Waals surface area contributed by atoms with Crippen molar-refractivity contribution in [1.82, 2.24) is 19.8 Å². The maximum atomic E-state index is 12.4. The highest BCUT2D eigenvalue weighted by Gasteiger charge is 2.17. The molecule has 0 spiro atoms. The van der Waals surface area contributed by atoms with Gasteiger partial charge in [-0.25, -0.2) is 12.7 Å². The van der Waals surface area contributed by atoms with Gasteiger partial charge in [-0.2, -0.15) is 5.10 Å². The van der Waals surface area contributed by atoms with E-state index >= 15 is 0 Å². The number of H-pyrrole nitrogens is 1. The number of carbonyl (C=O) groups excluding carboxylic acids is 1. The molecule has 2 N–H and O–H groups in total. The van der Waals surface area contributed by atoms with Crippen LogP contribution in [0.4, 0.5) is 0 Å². The van der Waals surface area contributed by atoms with Gasteiger partial charge in [-0.05, 0) is 36.8 Å². The van der Waals surface area contributed by atoms with Gasteiger partial charge in [0.25, 0.3) is 5.91 Å². The first-order valence-corrected chi connectivity index (χ1v) is 9.47. The Balaban J connectivity index is 1.72. The average molecular weight is 372 g/mol. The molecule has 1 heterocycles. The molecule has 0 saturated heterocycles. The van der Waals surface area contributed by atoms with Crippen LogP contribution in [0.2, 0.25) is 0 Å². The molecule has 136 valence electrons. The molecule has 0 fully saturated rings. The third-order valence-corrected chi connectivity index (χ3v) is 5.92. The van der Waals surface area contributed by atoms with E-state index in [0.717, 1.165) is 26.3 Å². The molecule has 7 nitrogen and oxygen atoms in total. The van der Waals surface area contributed by atoms with E-state index < -0.39 is 10.0 Å². The monoisotopic (exact) mass is 372 g/mol. The first kappa shape index (κ1) is 18.1. The zero-order valence-electron chi connectivity index (χ0n) is 14.8. The number of benzene rings is 2. The van der Waals surface area contributed by atoms with Crippen LogP contribution in [0, 0.1) is 6.92 Å². The lowest BCUT2D eigenvalue weighted by atomic mass is 10.1. The molecule has 0 aliphatic rings. The fourth-order valence-electron chi connectivity index (χ4n) is 2.56. The third-order valence-electron chi connectivity index (χ3n) is 4.09. The SMILES string of the molecule is Cc1ccc2[nH]nc(C(=O)NCc3ccc(S(=O)(=O)N(C)C)cc3)c2c1. The molecule has 0 bridgehead atoms. The Labute approximate surface area is 152 Å². The smallest absolute Gasteiger partial charge is 0.272 e. The van der Waals surface area contributed by atoms with Crippen molar-refractivity contribution in [2.75, 3.05) is 14.1 Å². The molecular weight excluding hydrogens is 352 g/mol.